The number of anilines is 1. The summed E-state index contributed by atoms with van der Waals surface area (Å²) in [7, 11) is 0. The fraction of sp³-hybridized carbons (Fsp3) is 0.545. The summed E-state index contributed by atoms with van der Waals surface area (Å²) in [6, 6.07) is 7.86. The van der Waals surface area contributed by atoms with Crippen LogP contribution >= 0.6 is 0 Å². The van der Waals surface area contributed by atoms with Crippen LogP contribution in [-0.4, -0.2) is 65.2 Å². The Labute approximate surface area is 175 Å². The number of aromatic nitrogens is 2. The first kappa shape index (κ1) is 20.8. The maximum Gasteiger partial charge on any atom is 0.269 e. The first-order valence-electron chi connectivity index (χ1n) is 10.7. The van der Waals surface area contributed by atoms with Gasteiger partial charge in [0.1, 0.15) is 18.2 Å². The Morgan fingerprint density at radius 3 is 2.77 bits per heavy atom. The average molecular weight is 416 g/mol. The van der Waals surface area contributed by atoms with Crippen LogP contribution in [0.15, 0.2) is 41.3 Å². The second-order valence-electron chi connectivity index (χ2n) is 8.12. The van der Waals surface area contributed by atoms with Crippen LogP contribution in [-0.2, 0) is 0 Å². The molecule has 3 heterocycles. The van der Waals surface area contributed by atoms with E-state index in [9.17, 15) is 14.3 Å². The molecule has 0 aliphatic carbocycles. The number of nitrogens with zero attached hydrogens (tertiary/aromatic N) is 4. The molecular formula is C22H29FN4O3. The van der Waals surface area contributed by atoms with Gasteiger partial charge in [-0.15, -0.1) is 0 Å². The molecule has 1 aromatic carbocycles. The number of benzene rings is 1. The van der Waals surface area contributed by atoms with E-state index in [0.29, 0.717) is 12.4 Å². The van der Waals surface area contributed by atoms with E-state index in [1.165, 1.54) is 12.1 Å². The van der Waals surface area contributed by atoms with Crippen LogP contribution in [0.2, 0.25) is 0 Å². The van der Waals surface area contributed by atoms with E-state index in [2.05, 4.69) is 14.9 Å². The van der Waals surface area contributed by atoms with Gasteiger partial charge >= 0.3 is 0 Å². The molecule has 2 aromatic rings. The van der Waals surface area contributed by atoms with Crippen molar-refractivity contribution in [3.05, 3.63) is 52.7 Å². The van der Waals surface area contributed by atoms with Gasteiger partial charge < -0.3 is 14.7 Å². The van der Waals surface area contributed by atoms with Crippen molar-refractivity contribution in [3.63, 3.8) is 0 Å². The number of aliphatic hydroxyl groups excluding tert-OH is 1. The molecule has 1 N–H and O–H groups in total. The number of hydrogen-bond acceptors (Lipinski definition) is 6. The van der Waals surface area contributed by atoms with E-state index in [-0.39, 0.29) is 23.5 Å². The highest BCUT2D eigenvalue weighted by molar-refractivity contribution is 5.43. The van der Waals surface area contributed by atoms with Crippen molar-refractivity contribution in [2.75, 3.05) is 44.2 Å². The van der Waals surface area contributed by atoms with Gasteiger partial charge in [-0.25, -0.2) is 9.07 Å². The maximum atomic E-state index is 13.2. The largest absolute Gasteiger partial charge is 0.492 e. The van der Waals surface area contributed by atoms with Crippen molar-refractivity contribution in [2.24, 2.45) is 0 Å². The number of aliphatic hydroxyl groups is 1. The number of hydrogen-bond donors (Lipinski definition) is 1. The third-order valence-electron chi connectivity index (χ3n) is 5.94. The monoisotopic (exact) mass is 416 g/mol. The third-order valence-corrected chi connectivity index (χ3v) is 5.94. The first-order chi connectivity index (χ1) is 14.6. The Hall–Kier alpha value is -2.45. The minimum Gasteiger partial charge on any atom is -0.492 e. The van der Waals surface area contributed by atoms with E-state index >= 15 is 0 Å². The summed E-state index contributed by atoms with van der Waals surface area (Å²) in [4.78, 5) is 17.1. The van der Waals surface area contributed by atoms with Gasteiger partial charge in [0.25, 0.3) is 5.56 Å². The van der Waals surface area contributed by atoms with Crippen LogP contribution < -0.4 is 15.2 Å². The van der Waals surface area contributed by atoms with Gasteiger partial charge in [0.15, 0.2) is 0 Å². The number of piperidine rings is 2. The van der Waals surface area contributed by atoms with Gasteiger partial charge in [-0.05, 0) is 44.4 Å². The molecule has 2 aliphatic heterocycles. The Bertz CT molecular complexity index is 898. The molecule has 0 amide bonds. The summed E-state index contributed by atoms with van der Waals surface area (Å²) >= 11 is 0. The lowest BCUT2D eigenvalue weighted by molar-refractivity contribution is 0.141. The zero-order valence-electron chi connectivity index (χ0n) is 17.1. The van der Waals surface area contributed by atoms with Crippen LogP contribution in [0.25, 0.3) is 0 Å². The number of likely N-dealkylation sites (tertiary alicyclic amines) is 1. The first-order valence-corrected chi connectivity index (χ1v) is 10.7. The maximum absolute atomic E-state index is 13.2. The molecular weight excluding hydrogens is 387 g/mol. The zero-order valence-corrected chi connectivity index (χ0v) is 17.1. The summed E-state index contributed by atoms with van der Waals surface area (Å²) in [5.74, 6) is 0.224. The molecule has 2 aliphatic rings. The van der Waals surface area contributed by atoms with Crippen molar-refractivity contribution in [3.8, 4) is 5.75 Å². The lowest BCUT2D eigenvalue weighted by Gasteiger charge is -2.33. The van der Waals surface area contributed by atoms with Gasteiger partial charge in [-0.2, -0.15) is 5.10 Å². The molecule has 162 valence electrons. The lowest BCUT2D eigenvalue weighted by Crippen LogP contribution is -2.42. The summed E-state index contributed by atoms with van der Waals surface area (Å²) in [5.41, 5.74) is 0.751. The quantitative estimate of drug-likeness (QED) is 0.777. The molecule has 8 heteroatoms. The number of halogens is 1. The Balaban J connectivity index is 1.33. The minimum absolute atomic E-state index is 0.0395. The standard InChI is InChI=1S/C22H29FN4O3/c23-17-3-1-5-21(13-17)30-12-11-25-8-2-4-18(16-25)27-22(29)14-19(15-24-27)26-9-6-20(28)7-10-26/h1,3,5,13-15,18,20,28H,2,4,6-12,16H2/t18-/m0/s1. The number of ether oxygens (including phenoxy) is 1. The molecule has 0 spiro atoms. The van der Waals surface area contributed by atoms with E-state index in [4.69, 9.17) is 4.74 Å². The predicted octanol–water partition coefficient (Wildman–Crippen LogP) is 2.06. The van der Waals surface area contributed by atoms with E-state index in [0.717, 1.165) is 64.1 Å². The third kappa shape index (κ3) is 5.17. The van der Waals surface area contributed by atoms with Gasteiger partial charge in [0.2, 0.25) is 0 Å². The van der Waals surface area contributed by atoms with Crippen molar-refractivity contribution in [2.45, 2.75) is 37.8 Å². The topological polar surface area (TPSA) is 70.8 Å². The molecule has 0 radical (unpaired) electrons. The Kier molecular flexibility index (Phi) is 6.64. The SMILES string of the molecule is O=c1cc(N2CCC(O)CC2)cnn1[C@H]1CCCN(CCOc2cccc(F)c2)C1. The van der Waals surface area contributed by atoms with Crippen LogP contribution in [0.5, 0.6) is 5.75 Å². The molecule has 30 heavy (non-hydrogen) atoms. The van der Waals surface area contributed by atoms with Gasteiger partial charge in [-0.3, -0.25) is 9.69 Å². The predicted molar refractivity (Wildman–Crippen MR) is 113 cm³/mol. The summed E-state index contributed by atoms with van der Waals surface area (Å²) < 4.78 is 20.5. The van der Waals surface area contributed by atoms with E-state index in [1.807, 2.05) is 0 Å². The van der Waals surface area contributed by atoms with Gasteiger partial charge in [-0.1, -0.05) is 6.07 Å². The summed E-state index contributed by atoms with van der Waals surface area (Å²) in [6.07, 6.45) is 4.88. The second kappa shape index (κ2) is 9.57. The molecule has 0 bridgehead atoms. The van der Waals surface area contributed by atoms with Crippen molar-refractivity contribution in [1.82, 2.24) is 14.7 Å². The molecule has 2 fully saturated rings. The van der Waals surface area contributed by atoms with Crippen LogP contribution in [0, 0.1) is 5.82 Å². The number of rotatable bonds is 6. The second-order valence-corrected chi connectivity index (χ2v) is 8.12. The molecule has 7 nitrogen and oxygen atoms in total. The molecule has 2 saturated heterocycles. The Morgan fingerprint density at radius 2 is 2.00 bits per heavy atom. The van der Waals surface area contributed by atoms with Crippen LogP contribution in [0.4, 0.5) is 10.1 Å². The molecule has 1 atom stereocenters. The fourth-order valence-electron chi connectivity index (χ4n) is 4.26. The van der Waals surface area contributed by atoms with E-state index < -0.39 is 0 Å². The summed E-state index contributed by atoms with van der Waals surface area (Å²) in [5, 5.41) is 14.1. The highest BCUT2D eigenvalue weighted by atomic mass is 19.1. The van der Waals surface area contributed by atoms with Crippen molar-refractivity contribution in [1.29, 1.82) is 0 Å². The molecule has 4 rings (SSSR count). The van der Waals surface area contributed by atoms with Crippen LogP contribution in [0.1, 0.15) is 31.7 Å². The summed E-state index contributed by atoms with van der Waals surface area (Å²) in [6.45, 7) is 4.37. The Morgan fingerprint density at radius 1 is 1.17 bits per heavy atom. The molecule has 0 unspecified atom stereocenters. The zero-order chi connectivity index (χ0) is 20.9. The molecule has 0 saturated carbocycles. The normalized spacial score (nSPS) is 21.0. The van der Waals surface area contributed by atoms with Crippen LogP contribution in [0.3, 0.4) is 0 Å². The fourth-order valence-corrected chi connectivity index (χ4v) is 4.26. The average Bonchev–Trinajstić information content (AvgIpc) is 2.74. The smallest absolute Gasteiger partial charge is 0.269 e. The van der Waals surface area contributed by atoms with Gasteiger partial charge in [0.05, 0.1) is 24.0 Å². The van der Waals surface area contributed by atoms with Crippen molar-refractivity contribution < 1.29 is 14.2 Å². The lowest BCUT2D eigenvalue weighted by atomic mass is 10.1. The highest BCUT2D eigenvalue weighted by Gasteiger charge is 2.24. The minimum atomic E-state index is -0.305. The van der Waals surface area contributed by atoms with Gasteiger partial charge in [0, 0.05) is 38.3 Å². The molecule has 1 aromatic heterocycles. The van der Waals surface area contributed by atoms with E-state index in [1.54, 1.807) is 29.1 Å². The van der Waals surface area contributed by atoms with Crippen molar-refractivity contribution >= 4 is 5.69 Å². The highest BCUT2D eigenvalue weighted by Crippen LogP contribution is 2.21.